The third-order valence-corrected chi connectivity index (χ3v) is 9.79. The number of hydrogen-bond donors (Lipinski definition) is 3. The van der Waals surface area contributed by atoms with Gasteiger partial charge in [0.2, 0.25) is 5.91 Å². The highest BCUT2D eigenvalue weighted by molar-refractivity contribution is 6.32. The number of likely N-dealkylation sites (tertiary alicyclic amines) is 1. The molecule has 3 fully saturated rings. The van der Waals surface area contributed by atoms with Crippen molar-refractivity contribution in [3.05, 3.63) is 53.1 Å². The molecule has 1 aliphatic heterocycles. The molecule has 220 valence electrons. The first-order valence-corrected chi connectivity index (χ1v) is 14.5. The van der Waals surface area contributed by atoms with Crippen molar-refractivity contribution in [3.63, 3.8) is 0 Å². The molecule has 1 amide bonds. The van der Waals surface area contributed by atoms with Crippen molar-refractivity contribution in [1.29, 1.82) is 0 Å². The summed E-state index contributed by atoms with van der Waals surface area (Å²) in [6.45, 7) is 2.92. The van der Waals surface area contributed by atoms with Crippen molar-refractivity contribution in [3.8, 4) is 16.9 Å². The minimum absolute atomic E-state index is 0.00374. The number of rotatable bonds is 5. The summed E-state index contributed by atoms with van der Waals surface area (Å²) in [4.78, 5) is 70.8. The fourth-order valence-electron chi connectivity index (χ4n) is 7.91. The summed E-state index contributed by atoms with van der Waals surface area (Å²) in [5, 5.41) is 22.6. The number of carbonyl (C=O) groups excluding carboxylic acids is 5. The van der Waals surface area contributed by atoms with Crippen LogP contribution in [0.15, 0.2) is 36.4 Å². The normalized spacial score (nSPS) is 31.2. The number of ketones is 4. The second-order valence-electron chi connectivity index (χ2n) is 12.5. The molecule has 1 heterocycles. The van der Waals surface area contributed by atoms with Gasteiger partial charge in [0, 0.05) is 12.5 Å². The quantitative estimate of drug-likeness (QED) is 0.446. The predicted molar refractivity (Wildman–Crippen MR) is 151 cm³/mol. The molecule has 10 heteroatoms. The van der Waals surface area contributed by atoms with Crippen LogP contribution in [0.3, 0.4) is 0 Å². The second-order valence-corrected chi connectivity index (χ2v) is 12.5. The molecule has 3 aliphatic carbocycles. The summed E-state index contributed by atoms with van der Waals surface area (Å²) in [6.07, 6.45) is 2.61. The summed E-state index contributed by atoms with van der Waals surface area (Å²) in [5.74, 6) is -10.4. The van der Waals surface area contributed by atoms with E-state index in [1.165, 1.54) is 23.8 Å². The number of phenolic OH excluding ortho intramolecular Hbond substituents is 1. The lowest BCUT2D eigenvalue weighted by Crippen LogP contribution is -2.74. The van der Waals surface area contributed by atoms with Gasteiger partial charge in [-0.1, -0.05) is 24.3 Å². The van der Waals surface area contributed by atoms with Crippen molar-refractivity contribution in [2.75, 3.05) is 27.2 Å². The van der Waals surface area contributed by atoms with E-state index < -0.39 is 64.4 Å². The Bertz CT molecular complexity index is 1530. The van der Waals surface area contributed by atoms with Crippen LogP contribution in [0.4, 0.5) is 0 Å². The second kappa shape index (κ2) is 10.2. The Balaban J connectivity index is 1.42. The van der Waals surface area contributed by atoms with Crippen molar-refractivity contribution in [1.82, 2.24) is 9.80 Å². The Morgan fingerprint density at radius 3 is 2.45 bits per heavy atom. The molecule has 0 aromatic heterocycles. The van der Waals surface area contributed by atoms with E-state index in [9.17, 15) is 34.2 Å². The number of fused-ring (bicyclic) bond motifs is 3. The van der Waals surface area contributed by atoms with Gasteiger partial charge >= 0.3 is 0 Å². The van der Waals surface area contributed by atoms with E-state index in [-0.39, 0.29) is 24.2 Å². The van der Waals surface area contributed by atoms with Gasteiger partial charge in [0.15, 0.2) is 34.7 Å². The number of Topliss-reactive ketones (excluding diaryl/α,β-unsaturated/α-hetero) is 4. The van der Waals surface area contributed by atoms with Gasteiger partial charge in [0.25, 0.3) is 0 Å². The van der Waals surface area contributed by atoms with Crippen LogP contribution in [0.25, 0.3) is 11.1 Å². The number of primary amides is 1. The summed E-state index contributed by atoms with van der Waals surface area (Å²) < 4.78 is 0. The molecule has 4 aliphatic rings. The van der Waals surface area contributed by atoms with Gasteiger partial charge < -0.3 is 15.9 Å². The molecule has 0 radical (unpaired) electrons. The van der Waals surface area contributed by atoms with Crippen LogP contribution >= 0.6 is 0 Å². The number of amides is 1. The molecule has 0 bridgehead atoms. The van der Waals surface area contributed by atoms with Crippen molar-refractivity contribution in [2.45, 2.75) is 43.9 Å². The van der Waals surface area contributed by atoms with Crippen LogP contribution in [0.5, 0.6) is 5.75 Å². The lowest BCUT2D eigenvalue weighted by Gasteiger charge is -2.52. The third-order valence-electron chi connectivity index (χ3n) is 9.79. The van der Waals surface area contributed by atoms with Gasteiger partial charge in [-0.2, -0.15) is 0 Å². The molecule has 2 saturated carbocycles. The zero-order valence-electron chi connectivity index (χ0n) is 23.7. The lowest BCUT2D eigenvalue weighted by molar-refractivity contribution is -0.181. The number of benzene rings is 2. The van der Waals surface area contributed by atoms with E-state index in [1.807, 2.05) is 12.1 Å². The average molecular weight is 574 g/mol. The van der Waals surface area contributed by atoms with Gasteiger partial charge in [0.1, 0.15) is 5.75 Å². The molecular formula is C32H35N3O7. The Hall–Kier alpha value is -3.73. The van der Waals surface area contributed by atoms with Gasteiger partial charge in [-0.3, -0.25) is 33.8 Å². The highest BCUT2D eigenvalue weighted by atomic mass is 16.3. The number of aromatic hydroxyl groups is 1. The highest BCUT2D eigenvalue weighted by Crippen LogP contribution is 2.51. The molecule has 2 aromatic rings. The first-order valence-electron chi connectivity index (χ1n) is 14.5. The maximum atomic E-state index is 14.0. The van der Waals surface area contributed by atoms with Crippen molar-refractivity contribution in [2.24, 2.45) is 29.4 Å². The van der Waals surface area contributed by atoms with Crippen molar-refractivity contribution < 1.29 is 34.2 Å². The zero-order valence-corrected chi connectivity index (χ0v) is 23.7. The van der Waals surface area contributed by atoms with Crippen LogP contribution in [0.1, 0.15) is 40.7 Å². The first kappa shape index (κ1) is 28.4. The standard InChI is InChI=1S/C32H35N3O7/c1-34(2)26-21-14-18-13-20-19(17-7-5-6-16(12-17)15-35-10-3-4-11-35)8-9-22(36)24(20)27(37)23(18)29(39)32(21,42)30(40)25(28(26)38)31(33)41/h5-9,12,18,21,23,25-26,36,42H,3-4,10-11,13-15H2,1-2H3,(H2,33,41)/t18-,21-,23?,25?,26-,32-/m1/s1. The maximum absolute atomic E-state index is 14.0. The van der Waals surface area contributed by atoms with E-state index in [0.29, 0.717) is 5.56 Å². The molecular weight excluding hydrogens is 538 g/mol. The lowest BCUT2D eigenvalue weighted by atomic mass is 9.52. The average Bonchev–Trinajstić information content (AvgIpc) is 3.43. The number of hydrogen-bond acceptors (Lipinski definition) is 9. The first-order chi connectivity index (χ1) is 19.9. The smallest absolute Gasteiger partial charge is 0.235 e. The minimum atomic E-state index is -2.73. The van der Waals surface area contributed by atoms with Crippen LogP contribution in [-0.2, 0) is 32.1 Å². The van der Waals surface area contributed by atoms with E-state index in [4.69, 9.17) is 5.73 Å². The monoisotopic (exact) mass is 573 g/mol. The number of phenols is 1. The summed E-state index contributed by atoms with van der Waals surface area (Å²) >= 11 is 0. The number of aliphatic hydroxyl groups is 1. The fraction of sp³-hybridized carbons (Fsp3) is 0.469. The van der Waals surface area contributed by atoms with E-state index in [2.05, 4.69) is 17.0 Å². The zero-order chi connectivity index (χ0) is 30.1. The van der Waals surface area contributed by atoms with E-state index in [0.717, 1.165) is 36.3 Å². The van der Waals surface area contributed by atoms with E-state index in [1.54, 1.807) is 20.2 Å². The molecule has 6 rings (SSSR count). The predicted octanol–water partition coefficient (Wildman–Crippen LogP) is 1.13. The molecule has 10 nitrogen and oxygen atoms in total. The Morgan fingerprint density at radius 1 is 1.07 bits per heavy atom. The Morgan fingerprint density at radius 2 is 1.79 bits per heavy atom. The maximum Gasteiger partial charge on any atom is 0.235 e. The van der Waals surface area contributed by atoms with Crippen LogP contribution in [0.2, 0.25) is 0 Å². The van der Waals surface area contributed by atoms with Crippen LogP contribution in [0, 0.1) is 23.7 Å². The molecule has 2 aromatic carbocycles. The molecule has 0 spiro atoms. The fourth-order valence-corrected chi connectivity index (χ4v) is 7.91. The summed E-state index contributed by atoms with van der Waals surface area (Å²) in [6, 6.07) is 10.1. The molecule has 42 heavy (non-hydrogen) atoms. The molecule has 6 atom stereocenters. The number of carbonyl (C=O) groups is 5. The number of nitrogens with two attached hydrogens (primary N) is 1. The van der Waals surface area contributed by atoms with Crippen molar-refractivity contribution >= 4 is 29.0 Å². The van der Waals surface area contributed by atoms with Gasteiger partial charge in [0.05, 0.1) is 17.5 Å². The molecule has 2 unspecified atom stereocenters. The Labute approximate surface area is 243 Å². The number of likely N-dealkylation sites (N-methyl/N-ethyl adjacent to an activating group) is 1. The molecule has 1 saturated heterocycles. The van der Waals surface area contributed by atoms with Gasteiger partial charge in [-0.25, -0.2) is 0 Å². The Kier molecular flexibility index (Phi) is 6.91. The SMILES string of the molecule is CN(C)[C@H]1C(=O)C(C(N)=O)C(=O)[C@]2(O)C(=O)C3C(=O)c4c(O)ccc(-c5cccc(CN6CCCC6)c5)c4C[C@@H]3C[C@H]12. The summed E-state index contributed by atoms with van der Waals surface area (Å²) in [5.41, 5.74) is 6.03. The largest absolute Gasteiger partial charge is 0.507 e. The number of nitrogens with zero attached hydrogens (tertiary/aromatic N) is 2. The minimum Gasteiger partial charge on any atom is -0.507 e. The summed E-state index contributed by atoms with van der Waals surface area (Å²) in [7, 11) is 3.14. The highest BCUT2D eigenvalue weighted by Gasteiger charge is 2.69. The molecule has 4 N–H and O–H groups in total. The van der Waals surface area contributed by atoms with Crippen LogP contribution in [-0.4, -0.2) is 87.9 Å². The van der Waals surface area contributed by atoms with Crippen LogP contribution < -0.4 is 5.73 Å². The topological polar surface area (TPSA) is 158 Å². The van der Waals surface area contributed by atoms with E-state index >= 15 is 0 Å². The van der Waals surface area contributed by atoms with Gasteiger partial charge in [-0.05, 0) is 93.2 Å². The van der Waals surface area contributed by atoms with Gasteiger partial charge in [-0.15, -0.1) is 0 Å². The third kappa shape index (κ3) is 4.15.